The molecule has 0 saturated carbocycles. The number of rotatable bonds is 6. The quantitative estimate of drug-likeness (QED) is 0.250. The number of ketones is 1. The molecule has 0 aliphatic carbocycles. The number of carbonyl (C=O) groups excluding carboxylic acids is 2. The van der Waals surface area contributed by atoms with E-state index in [2.05, 4.69) is 0 Å². The van der Waals surface area contributed by atoms with Crippen LogP contribution in [0.25, 0.3) is 5.76 Å². The number of aliphatic hydroxyl groups excluding tert-OH is 1. The Morgan fingerprint density at radius 2 is 1.65 bits per heavy atom. The lowest BCUT2D eigenvalue weighted by atomic mass is 9.84. The highest BCUT2D eigenvalue weighted by molar-refractivity contribution is 6.46. The first-order valence-electron chi connectivity index (χ1n) is 12.1. The molecular formula is C30H30FNO5. The van der Waals surface area contributed by atoms with Crippen LogP contribution in [0, 0.1) is 5.82 Å². The van der Waals surface area contributed by atoms with Gasteiger partial charge in [0.25, 0.3) is 11.7 Å². The number of phenolic OH excluding ortho intramolecular Hbond substituents is 1. The fraction of sp³-hybridized carbons (Fsp3) is 0.267. The summed E-state index contributed by atoms with van der Waals surface area (Å²) in [5.41, 5.74) is 2.04. The molecule has 4 rings (SSSR count). The fourth-order valence-corrected chi connectivity index (χ4v) is 4.53. The lowest BCUT2D eigenvalue weighted by molar-refractivity contribution is -0.140. The van der Waals surface area contributed by atoms with Gasteiger partial charge in [-0.2, -0.15) is 0 Å². The standard InChI is InChI=1S/C30H30FNO5/c1-5-37-24-15-10-20(16-23(24)30(2,3)4)27(34)25-26(19-8-13-22(33)14-9-19)32(29(36)28(25)35)17-18-6-11-21(31)12-7-18/h6-16,26,33-34H,5,17H2,1-4H3/b27-25-. The number of hydrogen-bond acceptors (Lipinski definition) is 5. The van der Waals surface area contributed by atoms with Crippen LogP contribution in [-0.4, -0.2) is 33.4 Å². The Labute approximate surface area is 215 Å². The predicted octanol–water partition coefficient (Wildman–Crippen LogP) is 5.85. The van der Waals surface area contributed by atoms with Crippen LogP contribution in [0.2, 0.25) is 0 Å². The van der Waals surface area contributed by atoms with Crippen LogP contribution in [0.15, 0.2) is 72.3 Å². The van der Waals surface area contributed by atoms with E-state index in [1.807, 2.05) is 27.7 Å². The van der Waals surface area contributed by atoms with Crippen molar-refractivity contribution < 1.29 is 28.9 Å². The highest BCUT2D eigenvalue weighted by Crippen LogP contribution is 2.42. The number of aliphatic hydroxyl groups is 1. The van der Waals surface area contributed by atoms with Crippen molar-refractivity contribution in [1.82, 2.24) is 4.90 Å². The summed E-state index contributed by atoms with van der Waals surface area (Å²) in [7, 11) is 0. The van der Waals surface area contributed by atoms with Crippen molar-refractivity contribution in [3.63, 3.8) is 0 Å². The SMILES string of the molecule is CCOc1ccc(/C(O)=C2/C(=O)C(=O)N(Cc3ccc(F)cc3)C2c2ccc(O)cc2)cc1C(C)(C)C. The maximum absolute atomic E-state index is 13.5. The van der Waals surface area contributed by atoms with Gasteiger partial charge in [-0.25, -0.2) is 4.39 Å². The topological polar surface area (TPSA) is 87.1 Å². The Bertz CT molecular complexity index is 1350. The molecule has 0 aromatic heterocycles. The van der Waals surface area contributed by atoms with Gasteiger partial charge in [-0.3, -0.25) is 9.59 Å². The monoisotopic (exact) mass is 503 g/mol. The third-order valence-electron chi connectivity index (χ3n) is 6.38. The zero-order valence-corrected chi connectivity index (χ0v) is 21.3. The Kier molecular flexibility index (Phi) is 7.07. The van der Waals surface area contributed by atoms with E-state index >= 15 is 0 Å². The summed E-state index contributed by atoms with van der Waals surface area (Å²) in [5, 5.41) is 21.3. The Morgan fingerprint density at radius 1 is 1.00 bits per heavy atom. The summed E-state index contributed by atoms with van der Waals surface area (Å²) in [5.74, 6) is -1.59. The first-order valence-corrected chi connectivity index (χ1v) is 12.1. The molecule has 1 amide bonds. The molecule has 7 heteroatoms. The smallest absolute Gasteiger partial charge is 0.295 e. The molecule has 0 spiro atoms. The van der Waals surface area contributed by atoms with Gasteiger partial charge in [0.2, 0.25) is 0 Å². The predicted molar refractivity (Wildman–Crippen MR) is 139 cm³/mol. The van der Waals surface area contributed by atoms with Gasteiger partial charge in [0.15, 0.2) is 0 Å². The van der Waals surface area contributed by atoms with Crippen LogP contribution in [0.4, 0.5) is 4.39 Å². The number of phenols is 1. The minimum Gasteiger partial charge on any atom is -0.508 e. The number of halogens is 1. The van der Waals surface area contributed by atoms with Crippen LogP contribution in [0.5, 0.6) is 11.5 Å². The average Bonchev–Trinajstić information content (AvgIpc) is 3.10. The fourth-order valence-electron chi connectivity index (χ4n) is 4.53. The molecule has 0 bridgehead atoms. The van der Waals surface area contributed by atoms with Crippen molar-refractivity contribution >= 4 is 17.4 Å². The van der Waals surface area contributed by atoms with Gasteiger partial charge in [-0.15, -0.1) is 0 Å². The zero-order chi connectivity index (χ0) is 26.9. The number of amides is 1. The van der Waals surface area contributed by atoms with E-state index in [4.69, 9.17) is 4.74 Å². The normalized spacial score (nSPS) is 17.3. The minimum atomic E-state index is -0.907. The largest absolute Gasteiger partial charge is 0.508 e. The lowest BCUT2D eigenvalue weighted by Crippen LogP contribution is -2.29. The van der Waals surface area contributed by atoms with Crippen LogP contribution in [0.1, 0.15) is 56.0 Å². The molecule has 192 valence electrons. The van der Waals surface area contributed by atoms with Crippen LogP contribution < -0.4 is 4.74 Å². The number of likely N-dealkylation sites (tertiary alicyclic amines) is 1. The van der Waals surface area contributed by atoms with E-state index in [-0.39, 0.29) is 29.0 Å². The maximum atomic E-state index is 13.5. The van der Waals surface area contributed by atoms with Gasteiger partial charge in [0.05, 0.1) is 18.2 Å². The molecule has 3 aromatic carbocycles. The molecule has 1 aliphatic heterocycles. The lowest BCUT2D eigenvalue weighted by Gasteiger charge is -2.26. The third-order valence-corrected chi connectivity index (χ3v) is 6.38. The molecule has 2 N–H and O–H groups in total. The van der Waals surface area contributed by atoms with Gasteiger partial charge >= 0.3 is 0 Å². The molecule has 1 saturated heterocycles. The maximum Gasteiger partial charge on any atom is 0.295 e. The Balaban J connectivity index is 1.87. The molecular weight excluding hydrogens is 473 g/mol. The Hall–Kier alpha value is -4.13. The van der Waals surface area contributed by atoms with Gasteiger partial charge in [-0.1, -0.05) is 45.0 Å². The minimum absolute atomic E-state index is 0.0283. The number of benzene rings is 3. The van der Waals surface area contributed by atoms with Crippen molar-refractivity contribution in [2.75, 3.05) is 6.61 Å². The summed E-state index contributed by atoms with van der Waals surface area (Å²) < 4.78 is 19.2. The molecule has 1 unspecified atom stereocenters. The Morgan fingerprint density at radius 3 is 2.24 bits per heavy atom. The molecule has 1 aliphatic rings. The van der Waals surface area contributed by atoms with E-state index in [1.165, 1.54) is 29.2 Å². The van der Waals surface area contributed by atoms with E-state index < -0.39 is 23.5 Å². The molecule has 1 fully saturated rings. The average molecular weight is 504 g/mol. The van der Waals surface area contributed by atoms with E-state index in [1.54, 1.807) is 42.5 Å². The van der Waals surface area contributed by atoms with Crippen molar-refractivity contribution in [2.24, 2.45) is 0 Å². The highest BCUT2D eigenvalue weighted by Gasteiger charge is 2.46. The van der Waals surface area contributed by atoms with Crippen molar-refractivity contribution in [1.29, 1.82) is 0 Å². The second kappa shape index (κ2) is 10.1. The van der Waals surface area contributed by atoms with Crippen LogP contribution in [-0.2, 0) is 21.5 Å². The third kappa shape index (κ3) is 5.21. The molecule has 1 atom stereocenters. The molecule has 37 heavy (non-hydrogen) atoms. The number of aromatic hydroxyl groups is 1. The van der Waals surface area contributed by atoms with Gasteiger partial charge in [-0.05, 0) is 65.9 Å². The van der Waals surface area contributed by atoms with Gasteiger partial charge in [0, 0.05) is 17.7 Å². The van der Waals surface area contributed by atoms with Crippen LogP contribution in [0.3, 0.4) is 0 Å². The number of carbonyl (C=O) groups is 2. The van der Waals surface area contributed by atoms with Gasteiger partial charge in [0.1, 0.15) is 23.1 Å². The zero-order valence-electron chi connectivity index (χ0n) is 21.3. The van der Waals surface area contributed by atoms with Crippen molar-refractivity contribution in [3.8, 4) is 11.5 Å². The van der Waals surface area contributed by atoms with E-state index in [0.29, 0.717) is 29.0 Å². The summed E-state index contributed by atoms with van der Waals surface area (Å²) in [6, 6.07) is 16.1. The highest BCUT2D eigenvalue weighted by atomic mass is 19.1. The second-order valence-corrected chi connectivity index (χ2v) is 10.0. The summed E-state index contributed by atoms with van der Waals surface area (Å²) in [4.78, 5) is 27.9. The number of nitrogens with zero attached hydrogens (tertiary/aromatic N) is 1. The van der Waals surface area contributed by atoms with E-state index in [0.717, 1.165) is 5.56 Å². The second-order valence-electron chi connectivity index (χ2n) is 10.0. The molecule has 0 radical (unpaired) electrons. The molecule has 1 heterocycles. The first-order chi connectivity index (χ1) is 17.5. The van der Waals surface area contributed by atoms with Crippen LogP contribution >= 0.6 is 0 Å². The van der Waals surface area contributed by atoms with Gasteiger partial charge < -0.3 is 19.8 Å². The van der Waals surface area contributed by atoms with Crippen molar-refractivity contribution in [2.45, 2.75) is 45.7 Å². The summed E-state index contributed by atoms with van der Waals surface area (Å²) >= 11 is 0. The first kappa shape index (κ1) is 25.9. The van der Waals surface area contributed by atoms with Crippen molar-refractivity contribution in [3.05, 3.63) is 100 Å². The molecule has 6 nitrogen and oxygen atoms in total. The van der Waals surface area contributed by atoms with E-state index in [9.17, 15) is 24.2 Å². The summed E-state index contributed by atoms with van der Waals surface area (Å²) in [6.45, 7) is 8.46. The number of Topliss-reactive ketones (excluding diaryl/α,β-unsaturated/α-hetero) is 1. The number of hydrogen-bond donors (Lipinski definition) is 2. The molecule has 3 aromatic rings. The summed E-state index contributed by atoms with van der Waals surface area (Å²) in [6.07, 6.45) is 0. The number of ether oxygens (including phenoxy) is 1.